The summed E-state index contributed by atoms with van der Waals surface area (Å²) in [5.74, 6) is 1.49. The van der Waals surface area contributed by atoms with Gasteiger partial charge in [-0.05, 0) is 30.4 Å². The standard InChI is InChI=1S/C22H38N4O2.HI/c1-18(2)8-11-27-12-9-24-22(23-4)25-15-20-6-5-7-21(14-20)17-26-10-13-28-19(3)16-26;/h5-7,14,18-19H,8-13,15-17H2,1-4H3,(H2,23,24,25);1H. The van der Waals surface area contributed by atoms with Crippen molar-refractivity contribution >= 4 is 29.9 Å². The van der Waals surface area contributed by atoms with Gasteiger partial charge in [-0.1, -0.05) is 38.1 Å². The quantitative estimate of drug-likeness (QED) is 0.216. The van der Waals surface area contributed by atoms with Crippen LogP contribution in [0.4, 0.5) is 0 Å². The number of hydrogen-bond donors (Lipinski definition) is 2. The first-order chi connectivity index (χ1) is 13.6. The minimum Gasteiger partial charge on any atom is -0.380 e. The lowest BCUT2D eigenvalue weighted by molar-refractivity contribution is -0.0212. The summed E-state index contributed by atoms with van der Waals surface area (Å²) >= 11 is 0. The molecule has 0 radical (unpaired) electrons. The second-order valence-corrected chi connectivity index (χ2v) is 7.88. The number of nitrogens with one attached hydrogen (secondary N) is 2. The van der Waals surface area contributed by atoms with Gasteiger partial charge in [0.2, 0.25) is 0 Å². The predicted molar refractivity (Wildman–Crippen MR) is 131 cm³/mol. The van der Waals surface area contributed by atoms with Gasteiger partial charge in [0.1, 0.15) is 0 Å². The van der Waals surface area contributed by atoms with Crippen LogP contribution in [-0.4, -0.2) is 63.5 Å². The monoisotopic (exact) mass is 518 g/mol. The molecule has 1 atom stereocenters. The van der Waals surface area contributed by atoms with Crippen LogP contribution < -0.4 is 10.6 Å². The normalized spacial score (nSPS) is 17.8. The average molecular weight is 518 g/mol. The molecule has 1 aliphatic rings. The van der Waals surface area contributed by atoms with Crippen LogP contribution >= 0.6 is 24.0 Å². The van der Waals surface area contributed by atoms with Gasteiger partial charge in [0, 0.05) is 46.4 Å². The first-order valence-corrected chi connectivity index (χ1v) is 10.5. The zero-order valence-electron chi connectivity index (χ0n) is 18.4. The highest BCUT2D eigenvalue weighted by Crippen LogP contribution is 2.12. The van der Waals surface area contributed by atoms with Gasteiger partial charge >= 0.3 is 0 Å². The lowest BCUT2D eigenvalue weighted by Crippen LogP contribution is -2.40. The zero-order valence-corrected chi connectivity index (χ0v) is 20.8. The molecule has 6 nitrogen and oxygen atoms in total. The van der Waals surface area contributed by atoms with Crippen molar-refractivity contribution in [2.24, 2.45) is 10.9 Å². The molecule has 0 bridgehead atoms. The molecule has 1 fully saturated rings. The number of aliphatic imine (C=N–C) groups is 1. The van der Waals surface area contributed by atoms with Gasteiger partial charge in [-0.2, -0.15) is 0 Å². The summed E-state index contributed by atoms with van der Waals surface area (Å²) in [6.07, 6.45) is 1.43. The molecule has 1 aliphatic heterocycles. The fourth-order valence-electron chi connectivity index (χ4n) is 3.20. The molecule has 0 saturated carbocycles. The van der Waals surface area contributed by atoms with E-state index >= 15 is 0 Å². The van der Waals surface area contributed by atoms with Crippen LogP contribution in [0.2, 0.25) is 0 Å². The summed E-state index contributed by atoms with van der Waals surface area (Å²) in [6.45, 7) is 13.4. The summed E-state index contributed by atoms with van der Waals surface area (Å²) in [5, 5.41) is 6.69. The third-order valence-electron chi connectivity index (χ3n) is 4.78. The molecule has 7 heteroatoms. The maximum absolute atomic E-state index is 5.64. The summed E-state index contributed by atoms with van der Waals surface area (Å²) in [4.78, 5) is 6.75. The highest BCUT2D eigenvalue weighted by Gasteiger charge is 2.16. The number of rotatable bonds is 10. The Bertz CT molecular complexity index is 598. The van der Waals surface area contributed by atoms with Gasteiger partial charge in [0.15, 0.2) is 5.96 Å². The SMILES string of the molecule is CN=C(NCCOCCC(C)C)NCc1cccc(CN2CCOC(C)C2)c1.I. The number of benzene rings is 1. The van der Waals surface area contributed by atoms with Crippen molar-refractivity contribution in [3.8, 4) is 0 Å². The van der Waals surface area contributed by atoms with E-state index in [0.717, 1.165) is 58.3 Å². The van der Waals surface area contributed by atoms with E-state index in [4.69, 9.17) is 9.47 Å². The first-order valence-electron chi connectivity index (χ1n) is 10.5. The van der Waals surface area contributed by atoms with Crippen molar-refractivity contribution in [2.45, 2.75) is 46.4 Å². The molecule has 0 aromatic heterocycles. The van der Waals surface area contributed by atoms with Gasteiger partial charge in [-0.25, -0.2) is 0 Å². The molecule has 1 aromatic carbocycles. The Balaban J connectivity index is 0.00000420. The Morgan fingerprint density at radius 3 is 2.79 bits per heavy atom. The molecule has 0 aliphatic carbocycles. The molecule has 1 aromatic rings. The molecule has 2 rings (SSSR count). The Morgan fingerprint density at radius 2 is 2.07 bits per heavy atom. The number of guanidine groups is 1. The van der Waals surface area contributed by atoms with Crippen molar-refractivity contribution in [3.63, 3.8) is 0 Å². The molecule has 0 amide bonds. The predicted octanol–water partition coefficient (Wildman–Crippen LogP) is 3.25. The van der Waals surface area contributed by atoms with Gasteiger partial charge < -0.3 is 20.1 Å². The van der Waals surface area contributed by atoms with Gasteiger partial charge in [0.25, 0.3) is 0 Å². The average Bonchev–Trinajstić information content (AvgIpc) is 2.67. The van der Waals surface area contributed by atoms with E-state index in [2.05, 4.69) is 65.6 Å². The molecular formula is C22H39IN4O2. The summed E-state index contributed by atoms with van der Waals surface area (Å²) in [7, 11) is 1.80. The Hall–Kier alpha value is -0.900. The van der Waals surface area contributed by atoms with Crippen molar-refractivity contribution in [1.82, 2.24) is 15.5 Å². The number of hydrogen-bond acceptors (Lipinski definition) is 4. The highest BCUT2D eigenvalue weighted by molar-refractivity contribution is 14.0. The van der Waals surface area contributed by atoms with Crippen molar-refractivity contribution in [2.75, 3.05) is 46.5 Å². The first kappa shape index (κ1) is 26.1. The molecule has 1 heterocycles. The Kier molecular flexibility index (Phi) is 13.5. The molecule has 1 saturated heterocycles. The van der Waals surface area contributed by atoms with Crippen LogP contribution in [0.5, 0.6) is 0 Å². The fourth-order valence-corrected chi connectivity index (χ4v) is 3.20. The van der Waals surface area contributed by atoms with Crippen LogP contribution in [0, 0.1) is 5.92 Å². The number of morpholine rings is 1. The van der Waals surface area contributed by atoms with Crippen LogP contribution in [-0.2, 0) is 22.6 Å². The number of nitrogens with zero attached hydrogens (tertiary/aromatic N) is 2. The Morgan fingerprint density at radius 1 is 1.28 bits per heavy atom. The highest BCUT2D eigenvalue weighted by atomic mass is 127. The molecule has 1 unspecified atom stereocenters. The van der Waals surface area contributed by atoms with Crippen molar-refractivity contribution < 1.29 is 9.47 Å². The molecule has 166 valence electrons. The molecule has 0 spiro atoms. The third-order valence-corrected chi connectivity index (χ3v) is 4.78. The second kappa shape index (κ2) is 15.0. The Labute approximate surface area is 193 Å². The minimum atomic E-state index is 0. The third kappa shape index (κ3) is 11.2. The number of halogens is 1. The minimum absolute atomic E-state index is 0. The van der Waals surface area contributed by atoms with E-state index in [-0.39, 0.29) is 24.0 Å². The lowest BCUT2D eigenvalue weighted by Gasteiger charge is -2.31. The van der Waals surface area contributed by atoms with E-state index in [1.165, 1.54) is 11.1 Å². The smallest absolute Gasteiger partial charge is 0.191 e. The van der Waals surface area contributed by atoms with Gasteiger partial charge in [-0.15, -0.1) is 24.0 Å². The topological polar surface area (TPSA) is 58.1 Å². The van der Waals surface area contributed by atoms with Crippen LogP contribution in [0.3, 0.4) is 0 Å². The van der Waals surface area contributed by atoms with E-state index in [0.29, 0.717) is 18.6 Å². The zero-order chi connectivity index (χ0) is 20.2. The summed E-state index contributed by atoms with van der Waals surface area (Å²) in [5.41, 5.74) is 2.60. The van der Waals surface area contributed by atoms with Crippen LogP contribution in [0.15, 0.2) is 29.3 Å². The van der Waals surface area contributed by atoms with E-state index < -0.39 is 0 Å². The van der Waals surface area contributed by atoms with Crippen molar-refractivity contribution in [1.29, 1.82) is 0 Å². The van der Waals surface area contributed by atoms with Crippen LogP contribution in [0.1, 0.15) is 38.3 Å². The molecule has 2 N–H and O–H groups in total. The van der Waals surface area contributed by atoms with Gasteiger partial charge in [0.05, 0.1) is 19.3 Å². The van der Waals surface area contributed by atoms with Crippen LogP contribution in [0.25, 0.3) is 0 Å². The summed E-state index contributed by atoms with van der Waals surface area (Å²) < 4.78 is 11.3. The van der Waals surface area contributed by atoms with Gasteiger partial charge in [-0.3, -0.25) is 9.89 Å². The van der Waals surface area contributed by atoms with Crippen molar-refractivity contribution in [3.05, 3.63) is 35.4 Å². The second-order valence-electron chi connectivity index (χ2n) is 7.88. The lowest BCUT2D eigenvalue weighted by atomic mass is 10.1. The van der Waals surface area contributed by atoms with E-state index in [9.17, 15) is 0 Å². The number of ether oxygens (including phenoxy) is 2. The fraction of sp³-hybridized carbons (Fsp3) is 0.682. The van der Waals surface area contributed by atoms with E-state index in [1.54, 1.807) is 7.05 Å². The van der Waals surface area contributed by atoms with E-state index in [1.807, 2.05) is 0 Å². The maximum Gasteiger partial charge on any atom is 0.191 e. The maximum atomic E-state index is 5.64. The molecule has 29 heavy (non-hydrogen) atoms. The summed E-state index contributed by atoms with van der Waals surface area (Å²) in [6, 6.07) is 8.76. The largest absolute Gasteiger partial charge is 0.380 e. The molecular weight excluding hydrogens is 479 g/mol.